The van der Waals surface area contributed by atoms with E-state index in [1.165, 1.54) is 4.31 Å². The molecule has 0 radical (unpaired) electrons. The van der Waals surface area contributed by atoms with Crippen LogP contribution in [0.15, 0.2) is 90.1 Å². The molecule has 29 heavy (non-hydrogen) atoms. The molecule has 1 heterocycles. The van der Waals surface area contributed by atoms with Gasteiger partial charge in [0.15, 0.2) is 0 Å². The van der Waals surface area contributed by atoms with Crippen molar-refractivity contribution in [2.24, 2.45) is 0 Å². The van der Waals surface area contributed by atoms with Crippen LogP contribution in [-0.4, -0.2) is 36.7 Å². The van der Waals surface area contributed by atoms with Crippen molar-refractivity contribution in [3.05, 3.63) is 96.3 Å². The molecule has 0 aliphatic rings. The average Bonchev–Trinajstić information content (AvgIpc) is 2.77. The first kappa shape index (κ1) is 20.7. The van der Waals surface area contributed by atoms with Gasteiger partial charge in [0.1, 0.15) is 0 Å². The summed E-state index contributed by atoms with van der Waals surface area (Å²) in [5, 5.41) is 2.78. The molecular weight excluding hydrogens is 386 g/mol. The van der Waals surface area contributed by atoms with Gasteiger partial charge in [0.25, 0.3) is 0 Å². The van der Waals surface area contributed by atoms with E-state index in [1.54, 1.807) is 54.9 Å². The third-order valence-corrected chi connectivity index (χ3v) is 6.29. The van der Waals surface area contributed by atoms with Crippen LogP contribution in [0.25, 0.3) is 0 Å². The van der Waals surface area contributed by atoms with Crippen LogP contribution in [0, 0.1) is 0 Å². The number of hydrogen-bond donors (Lipinski definition) is 1. The highest BCUT2D eigenvalue weighted by Crippen LogP contribution is 2.16. The van der Waals surface area contributed by atoms with E-state index in [4.69, 9.17) is 0 Å². The Hall–Kier alpha value is -3.03. The van der Waals surface area contributed by atoms with Crippen molar-refractivity contribution in [3.8, 4) is 0 Å². The zero-order valence-corrected chi connectivity index (χ0v) is 16.8. The van der Waals surface area contributed by atoms with Gasteiger partial charge in [-0.3, -0.25) is 9.78 Å². The quantitative estimate of drug-likeness (QED) is 0.589. The molecule has 0 aliphatic heterocycles. The molecule has 3 aromatic rings. The lowest BCUT2D eigenvalue weighted by molar-refractivity contribution is -0.121. The van der Waals surface area contributed by atoms with Gasteiger partial charge in [-0.15, -0.1) is 0 Å². The molecule has 0 aliphatic carbocycles. The molecule has 150 valence electrons. The van der Waals surface area contributed by atoms with Crippen LogP contribution in [-0.2, 0) is 27.8 Å². The minimum Gasteiger partial charge on any atom is -0.351 e. The van der Waals surface area contributed by atoms with Crippen molar-refractivity contribution < 1.29 is 13.2 Å². The summed E-state index contributed by atoms with van der Waals surface area (Å²) in [5.74, 6) is -0.352. The van der Waals surface area contributed by atoms with Crippen molar-refractivity contribution in [2.75, 3.05) is 13.1 Å². The Bertz CT molecular complexity index is 1010. The molecule has 7 heteroatoms. The van der Waals surface area contributed by atoms with Crippen molar-refractivity contribution in [1.29, 1.82) is 0 Å². The third-order valence-electron chi connectivity index (χ3n) is 4.43. The molecule has 0 unspecified atom stereocenters. The summed E-state index contributed by atoms with van der Waals surface area (Å²) in [5.41, 5.74) is 1.91. The Morgan fingerprint density at radius 3 is 2.14 bits per heavy atom. The van der Waals surface area contributed by atoms with Gasteiger partial charge in [0.05, 0.1) is 11.4 Å². The van der Waals surface area contributed by atoms with E-state index >= 15 is 0 Å². The van der Waals surface area contributed by atoms with E-state index in [-0.39, 0.29) is 23.9 Å². The maximum Gasteiger partial charge on any atom is 0.243 e. The van der Waals surface area contributed by atoms with Crippen LogP contribution in [0.3, 0.4) is 0 Å². The molecule has 0 saturated heterocycles. The maximum atomic E-state index is 13.1. The zero-order chi connectivity index (χ0) is 20.5. The van der Waals surface area contributed by atoms with Crippen molar-refractivity contribution >= 4 is 15.9 Å². The van der Waals surface area contributed by atoms with Crippen LogP contribution in [0.5, 0.6) is 0 Å². The van der Waals surface area contributed by atoms with Gasteiger partial charge in [0, 0.05) is 25.5 Å². The second kappa shape index (κ2) is 9.95. The summed E-state index contributed by atoms with van der Waals surface area (Å²) in [6.45, 7) is 0.290. The van der Waals surface area contributed by atoms with Crippen LogP contribution >= 0.6 is 0 Å². The van der Waals surface area contributed by atoms with Crippen LogP contribution in [0.2, 0.25) is 0 Å². The number of carbonyl (C=O) groups excluding carboxylic acids is 1. The molecule has 0 fully saturated rings. The minimum atomic E-state index is -3.79. The normalized spacial score (nSPS) is 11.3. The molecule has 2 aromatic carbocycles. The predicted molar refractivity (Wildman–Crippen MR) is 111 cm³/mol. The molecule has 0 spiro atoms. The fraction of sp³-hybridized carbons (Fsp3) is 0.182. The highest BCUT2D eigenvalue weighted by atomic mass is 32.2. The number of carbonyl (C=O) groups is 1. The number of aromatic nitrogens is 1. The Kier molecular flexibility index (Phi) is 7.10. The topological polar surface area (TPSA) is 79.4 Å². The van der Waals surface area contributed by atoms with Crippen molar-refractivity contribution in [3.63, 3.8) is 0 Å². The largest absolute Gasteiger partial charge is 0.351 e. The van der Waals surface area contributed by atoms with Gasteiger partial charge in [-0.2, -0.15) is 4.31 Å². The smallest absolute Gasteiger partial charge is 0.243 e. The summed E-state index contributed by atoms with van der Waals surface area (Å²) in [6.07, 6.45) is 3.81. The molecule has 1 amide bonds. The molecule has 1 N–H and O–H groups in total. The van der Waals surface area contributed by atoms with Crippen molar-refractivity contribution in [2.45, 2.75) is 17.9 Å². The van der Waals surface area contributed by atoms with E-state index < -0.39 is 10.0 Å². The monoisotopic (exact) mass is 409 g/mol. The number of hydrogen-bond acceptors (Lipinski definition) is 4. The van der Waals surface area contributed by atoms with E-state index in [0.29, 0.717) is 13.0 Å². The number of nitrogens with zero attached hydrogens (tertiary/aromatic N) is 2. The standard InChI is InChI=1S/C22H23N3O3S/c26-22(24-17-20-11-14-23-15-12-20)18-25(16-13-19-7-3-1-4-8-19)29(27,28)21-9-5-2-6-10-21/h1-12,14-15H,13,16-18H2,(H,24,26). The number of sulfonamides is 1. The second-order valence-corrected chi connectivity index (χ2v) is 8.46. The molecular formula is C22H23N3O3S. The van der Waals surface area contributed by atoms with Gasteiger partial charge in [-0.05, 0) is 41.8 Å². The lowest BCUT2D eigenvalue weighted by atomic mass is 10.1. The third kappa shape index (κ3) is 5.97. The maximum absolute atomic E-state index is 13.1. The summed E-state index contributed by atoms with van der Waals surface area (Å²) >= 11 is 0. The number of rotatable bonds is 9. The van der Waals surface area contributed by atoms with Crippen LogP contribution in [0.1, 0.15) is 11.1 Å². The highest BCUT2D eigenvalue weighted by Gasteiger charge is 2.26. The first-order chi connectivity index (χ1) is 14.1. The lowest BCUT2D eigenvalue weighted by Gasteiger charge is -2.22. The van der Waals surface area contributed by atoms with E-state index in [1.807, 2.05) is 30.3 Å². The molecule has 3 rings (SSSR count). The Morgan fingerprint density at radius 1 is 0.862 bits per heavy atom. The number of benzene rings is 2. The fourth-order valence-corrected chi connectivity index (χ4v) is 4.26. The summed E-state index contributed by atoms with van der Waals surface area (Å²) in [7, 11) is -3.79. The SMILES string of the molecule is O=C(CN(CCc1ccccc1)S(=O)(=O)c1ccccc1)NCc1ccncc1. The number of amides is 1. The van der Waals surface area contributed by atoms with Gasteiger partial charge in [-0.25, -0.2) is 8.42 Å². The predicted octanol–water partition coefficient (Wildman–Crippen LogP) is 2.63. The minimum absolute atomic E-state index is 0.176. The lowest BCUT2D eigenvalue weighted by Crippen LogP contribution is -2.41. The molecule has 6 nitrogen and oxygen atoms in total. The second-order valence-electron chi connectivity index (χ2n) is 6.52. The summed E-state index contributed by atoms with van der Waals surface area (Å²) < 4.78 is 27.4. The van der Waals surface area contributed by atoms with E-state index in [0.717, 1.165) is 11.1 Å². The number of pyridine rings is 1. The first-order valence-corrected chi connectivity index (χ1v) is 10.7. The van der Waals surface area contributed by atoms with Crippen molar-refractivity contribution in [1.82, 2.24) is 14.6 Å². The Labute approximate surface area is 171 Å². The molecule has 0 saturated carbocycles. The number of nitrogens with one attached hydrogen (secondary N) is 1. The van der Waals surface area contributed by atoms with Gasteiger partial charge in [-0.1, -0.05) is 48.5 Å². The average molecular weight is 410 g/mol. The Balaban J connectivity index is 1.72. The molecule has 0 bridgehead atoms. The zero-order valence-electron chi connectivity index (χ0n) is 15.9. The summed E-state index contributed by atoms with van der Waals surface area (Å²) in [6, 6.07) is 21.4. The van der Waals surface area contributed by atoms with E-state index in [2.05, 4.69) is 10.3 Å². The summed E-state index contributed by atoms with van der Waals surface area (Å²) in [4.78, 5) is 16.6. The first-order valence-electron chi connectivity index (χ1n) is 9.30. The van der Waals surface area contributed by atoms with Gasteiger partial charge < -0.3 is 5.32 Å². The van der Waals surface area contributed by atoms with Gasteiger partial charge in [0.2, 0.25) is 15.9 Å². The molecule has 0 atom stereocenters. The van der Waals surface area contributed by atoms with E-state index in [9.17, 15) is 13.2 Å². The highest BCUT2D eigenvalue weighted by molar-refractivity contribution is 7.89. The van der Waals surface area contributed by atoms with Gasteiger partial charge >= 0.3 is 0 Å². The Morgan fingerprint density at radius 2 is 1.48 bits per heavy atom. The fourth-order valence-electron chi connectivity index (χ4n) is 2.84. The molecule has 1 aromatic heterocycles. The van der Waals surface area contributed by atoms with Crippen LogP contribution in [0.4, 0.5) is 0 Å². The van der Waals surface area contributed by atoms with Crippen LogP contribution < -0.4 is 5.32 Å².